The normalized spacial score (nSPS) is 10.6. The van der Waals surface area contributed by atoms with Crippen molar-refractivity contribution in [1.82, 2.24) is 4.98 Å². The minimum atomic E-state index is 1.03. The molecule has 1 nitrogen and oxygen atoms in total. The molecule has 0 unspecified atom stereocenters. The van der Waals surface area contributed by atoms with E-state index in [1.807, 2.05) is 0 Å². The van der Waals surface area contributed by atoms with Crippen LogP contribution in [0.15, 0.2) is 16.1 Å². The van der Waals surface area contributed by atoms with Gasteiger partial charge in [0.05, 0.1) is 5.69 Å². The van der Waals surface area contributed by atoms with E-state index < -0.39 is 0 Å². The van der Waals surface area contributed by atoms with Gasteiger partial charge in [-0.1, -0.05) is 6.92 Å². The lowest BCUT2D eigenvalue weighted by Gasteiger charge is -1.92. The zero-order chi connectivity index (χ0) is 9.26. The highest BCUT2D eigenvalue weighted by Gasteiger charge is 2.06. The topological polar surface area (TPSA) is 12.9 Å². The third-order valence-electron chi connectivity index (χ3n) is 2.00. The van der Waals surface area contributed by atoms with Gasteiger partial charge in [0.1, 0.15) is 5.01 Å². The minimum Gasteiger partial charge on any atom is -0.241 e. The number of nitrogens with zero attached hydrogens (tertiary/aromatic N) is 1. The van der Waals surface area contributed by atoms with Gasteiger partial charge >= 0.3 is 0 Å². The maximum Gasteiger partial charge on any atom is 0.124 e. The van der Waals surface area contributed by atoms with Crippen LogP contribution in [-0.2, 0) is 6.42 Å². The Morgan fingerprint density at radius 3 is 2.69 bits per heavy atom. The standard InChI is InChI=1S/C10H11NS2/c1-3-8-5-13-10(11-8)9-6-12-4-7(9)2/h4-6H,3H2,1-2H3. The molecule has 0 saturated carbocycles. The van der Waals surface area contributed by atoms with Gasteiger partial charge in [-0.25, -0.2) is 4.98 Å². The Morgan fingerprint density at radius 1 is 1.31 bits per heavy atom. The van der Waals surface area contributed by atoms with Crippen molar-refractivity contribution in [1.29, 1.82) is 0 Å². The number of rotatable bonds is 2. The summed E-state index contributed by atoms with van der Waals surface area (Å²) in [5.41, 5.74) is 3.84. The molecule has 0 aliphatic rings. The van der Waals surface area contributed by atoms with Gasteiger partial charge in [-0.15, -0.1) is 11.3 Å². The molecule has 3 heteroatoms. The monoisotopic (exact) mass is 209 g/mol. The molecule has 2 aromatic rings. The third-order valence-corrected chi connectivity index (χ3v) is 3.79. The van der Waals surface area contributed by atoms with E-state index in [-0.39, 0.29) is 0 Å². The van der Waals surface area contributed by atoms with Gasteiger partial charge < -0.3 is 0 Å². The molecule has 68 valence electrons. The van der Waals surface area contributed by atoms with E-state index in [4.69, 9.17) is 0 Å². The average molecular weight is 209 g/mol. The van der Waals surface area contributed by atoms with Gasteiger partial charge in [0.2, 0.25) is 0 Å². The Morgan fingerprint density at radius 2 is 2.15 bits per heavy atom. The van der Waals surface area contributed by atoms with Crippen LogP contribution in [0.25, 0.3) is 10.6 Å². The first-order chi connectivity index (χ1) is 6.31. The Hall–Kier alpha value is -0.670. The summed E-state index contributed by atoms with van der Waals surface area (Å²) in [7, 11) is 0. The number of aromatic nitrogens is 1. The highest BCUT2D eigenvalue weighted by molar-refractivity contribution is 7.14. The molecule has 0 saturated heterocycles. The predicted octanol–water partition coefficient (Wildman–Crippen LogP) is 3.74. The molecule has 2 aromatic heterocycles. The van der Waals surface area contributed by atoms with Crippen molar-refractivity contribution >= 4 is 22.7 Å². The number of thiophene rings is 1. The van der Waals surface area contributed by atoms with E-state index in [0.717, 1.165) is 11.4 Å². The molecule has 0 aliphatic heterocycles. The van der Waals surface area contributed by atoms with Gasteiger partial charge in [-0.05, 0) is 24.3 Å². The fraction of sp³-hybridized carbons (Fsp3) is 0.300. The summed E-state index contributed by atoms with van der Waals surface area (Å²) in [6, 6.07) is 0. The van der Waals surface area contributed by atoms with E-state index in [1.54, 1.807) is 22.7 Å². The molecule has 0 bridgehead atoms. The summed E-state index contributed by atoms with van der Waals surface area (Å²) >= 11 is 3.49. The Labute approximate surface area is 86.1 Å². The molecule has 0 spiro atoms. The third kappa shape index (κ3) is 1.67. The Balaban J connectivity index is 2.41. The van der Waals surface area contributed by atoms with Crippen molar-refractivity contribution in [2.24, 2.45) is 0 Å². The lowest BCUT2D eigenvalue weighted by Crippen LogP contribution is -1.79. The summed E-state index contributed by atoms with van der Waals surface area (Å²) in [5, 5.41) is 7.65. The lowest BCUT2D eigenvalue weighted by molar-refractivity contribution is 1.07. The number of aryl methyl sites for hydroxylation is 2. The van der Waals surface area contributed by atoms with Gasteiger partial charge in [0.25, 0.3) is 0 Å². The zero-order valence-corrected chi connectivity index (χ0v) is 9.34. The molecule has 0 atom stereocenters. The predicted molar refractivity (Wildman–Crippen MR) is 59.5 cm³/mol. The fourth-order valence-electron chi connectivity index (χ4n) is 1.17. The van der Waals surface area contributed by atoms with Crippen LogP contribution in [0.2, 0.25) is 0 Å². The molecular weight excluding hydrogens is 198 g/mol. The summed E-state index contributed by atoms with van der Waals surface area (Å²) in [6.07, 6.45) is 1.03. The smallest absolute Gasteiger partial charge is 0.124 e. The van der Waals surface area contributed by atoms with Crippen LogP contribution < -0.4 is 0 Å². The molecular formula is C10H11NS2. The van der Waals surface area contributed by atoms with Crippen LogP contribution in [0.4, 0.5) is 0 Å². The second-order valence-corrected chi connectivity index (χ2v) is 4.57. The fourth-order valence-corrected chi connectivity index (χ4v) is 3.06. The van der Waals surface area contributed by atoms with Crippen molar-refractivity contribution in [2.45, 2.75) is 20.3 Å². The van der Waals surface area contributed by atoms with Crippen LogP contribution in [0, 0.1) is 6.92 Å². The molecule has 0 fully saturated rings. The van der Waals surface area contributed by atoms with Gasteiger partial charge in [-0.2, -0.15) is 11.3 Å². The quantitative estimate of drug-likeness (QED) is 0.734. The van der Waals surface area contributed by atoms with Gasteiger partial charge in [0.15, 0.2) is 0 Å². The second kappa shape index (κ2) is 3.60. The van der Waals surface area contributed by atoms with Crippen molar-refractivity contribution in [3.63, 3.8) is 0 Å². The van der Waals surface area contributed by atoms with E-state index in [2.05, 4.69) is 35.0 Å². The SMILES string of the molecule is CCc1csc(-c2cscc2C)n1. The number of hydrogen-bond acceptors (Lipinski definition) is 3. The van der Waals surface area contributed by atoms with Crippen LogP contribution in [0.1, 0.15) is 18.2 Å². The maximum atomic E-state index is 4.56. The lowest BCUT2D eigenvalue weighted by atomic mass is 10.2. The second-order valence-electron chi connectivity index (χ2n) is 2.97. The summed E-state index contributed by atoms with van der Waals surface area (Å²) in [5.74, 6) is 0. The highest BCUT2D eigenvalue weighted by Crippen LogP contribution is 2.29. The van der Waals surface area contributed by atoms with Crippen molar-refractivity contribution in [2.75, 3.05) is 0 Å². The van der Waals surface area contributed by atoms with E-state index in [1.165, 1.54) is 16.8 Å². The van der Waals surface area contributed by atoms with Crippen LogP contribution in [-0.4, -0.2) is 4.98 Å². The highest BCUT2D eigenvalue weighted by atomic mass is 32.1. The Bertz CT molecular complexity index is 400. The average Bonchev–Trinajstić information content (AvgIpc) is 2.71. The first-order valence-electron chi connectivity index (χ1n) is 4.29. The molecule has 0 amide bonds. The molecule has 2 rings (SSSR count). The van der Waals surface area contributed by atoms with Crippen LogP contribution in [0.5, 0.6) is 0 Å². The summed E-state index contributed by atoms with van der Waals surface area (Å²) in [4.78, 5) is 4.56. The van der Waals surface area contributed by atoms with Gasteiger partial charge in [-0.3, -0.25) is 0 Å². The van der Waals surface area contributed by atoms with Gasteiger partial charge in [0, 0.05) is 16.3 Å². The summed E-state index contributed by atoms with van der Waals surface area (Å²) < 4.78 is 0. The zero-order valence-electron chi connectivity index (χ0n) is 7.70. The molecule has 0 N–H and O–H groups in total. The van der Waals surface area contributed by atoms with Crippen molar-refractivity contribution in [3.05, 3.63) is 27.4 Å². The number of hydrogen-bond donors (Lipinski definition) is 0. The molecule has 0 aliphatic carbocycles. The minimum absolute atomic E-state index is 1.03. The molecule has 13 heavy (non-hydrogen) atoms. The van der Waals surface area contributed by atoms with E-state index in [9.17, 15) is 0 Å². The maximum absolute atomic E-state index is 4.56. The van der Waals surface area contributed by atoms with Crippen LogP contribution in [0.3, 0.4) is 0 Å². The van der Waals surface area contributed by atoms with Crippen molar-refractivity contribution in [3.8, 4) is 10.6 Å². The van der Waals surface area contributed by atoms with Crippen LogP contribution >= 0.6 is 22.7 Å². The molecule has 0 radical (unpaired) electrons. The number of thiazole rings is 1. The largest absolute Gasteiger partial charge is 0.241 e. The molecule has 2 heterocycles. The van der Waals surface area contributed by atoms with E-state index in [0.29, 0.717) is 0 Å². The van der Waals surface area contributed by atoms with E-state index >= 15 is 0 Å². The van der Waals surface area contributed by atoms with Crippen molar-refractivity contribution < 1.29 is 0 Å². The summed E-state index contributed by atoms with van der Waals surface area (Å²) in [6.45, 7) is 4.28. The molecule has 0 aromatic carbocycles. The Kier molecular flexibility index (Phi) is 2.47. The first-order valence-corrected chi connectivity index (χ1v) is 6.11. The first kappa shape index (κ1) is 8.91.